The fourth-order valence-corrected chi connectivity index (χ4v) is 6.82. The second-order valence-electron chi connectivity index (χ2n) is 10.9. The molecule has 4 aliphatic rings. The number of hydrogen-bond donors (Lipinski definition) is 2. The number of carbonyl (C=O) groups is 3. The molecule has 38 heavy (non-hydrogen) atoms. The van der Waals surface area contributed by atoms with Gasteiger partial charge < -0.3 is 20.3 Å². The number of benzene rings is 2. The number of ether oxygens (including phenoxy) is 1. The third kappa shape index (κ3) is 4.22. The van der Waals surface area contributed by atoms with Crippen molar-refractivity contribution in [1.29, 1.82) is 0 Å². The van der Waals surface area contributed by atoms with Crippen molar-refractivity contribution in [3.8, 4) is 0 Å². The minimum atomic E-state index is -1.18. The van der Waals surface area contributed by atoms with Gasteiger partial charge in [-0.15, -0.1) is 0 Å². The molecule has 3 amide bonds. The van der Waals surface area contributed by atoms with Crippen LogP contribution in [0.4, 0.5) is 5.69 Å². The first-order chi connectivity index (χ1) is 18.4. The van der Waals surface area contributed by atoms with E-state index in [4.69, 9.17) is 16.3 Å². The third-order valence-electron chi connectivity index (χ3n) is 8.51. The van der Waals surface area contributed by atoms with Gasteiger partial charge in [-0.25, -0.2) is 0 Å². The fraction of sp³-hybridized carbons (Fsp3) is 0.433. The van der Waals surface area contributed by atoms with Crippen LogP contribution in [-0.4, -0.2) is 46.4 Å². The Balaban J connectivity index is 1.32. The standard InChI is InChI=1S/C30H32ClN3O4/c1-18-12-13-21(16-22(18)31)33-27(35)24-23-14-15-30(38-23)25(24)29(37)34(17-19-8-4-2-5-9-19)26(30)28(36)32-20-10-6-3-7-11-20/h2,4-5,8-9,12-16,20,23-26H,3,6-7,10-11,17H2,1H3,(H,32,36)(H,33,35)/t23-,24?,25-,26?,30?/m1/s1. The average molecular weight is 534 g/mol. The molecule has 2 aromatic carbocycles. The van der Waals surface area contributed by atoms with Crippen LogP contribution in [0, 0.1) is 18.8 Å². The van der Waals surface area contributed by atoms with Crippen molar-refractivity contribution in [2.24, 2.45) is 11.8 Å². The molecule has 3 heterocycles. The second-order valence-corrected chi connectivity index (χ2v) is 11.4. The molecule has 6 rings (SSSR count). The highest BCUT2D eigenvalue weighted by Gasteiger charge is 2.72. The van der Waals surface area contributed by atoms with Crippen LogP contribution in [0.25, 0.3) is 0 Å². The summed E-state index contributed by atoms with van der Waals surface area (Å²) in [5, 5.41) is 6.70. The zero-order valence-corrected chi connectivity index (χ0v) is 22.1. The number of nitrogens with one attached hydrogen (secondary N) is 2. The van der Waals surface area contributed by atoms with E-state index in [-0.39, 0.29) is 30.3 Å². The lowest BCUT2D eigenvalue weighted by atomic mass is 9.74. The molecular weight excluding hydrogens is 502 g/mol. The van der Waals surface area contributed by atoms with Gasteiger partial charge in [-0.2, -0.15) is 0 Å². The van der Waals surface area contributed by atoms with E-state index in [0.717, 1.165) is 36.8 Å². The largest absolute Gasteiger partial charge is 0.359 e. The van der Waals surface area contributed by atoms with Gasteiger partial charge in [0, 0.05) is 23.3 Å². The number of fused-ring (bicyclic) bond motifs is 1. The molecule has 0 aromatic heterocycles. The summed E-state index contributed by atoms with van der Waals surface area (Å²) in [6.45, 7) is 2.16. The van der Waals surface area contributed by atoms with Gasteiger partial charge in [0.05, 0.1) is 17.9 Å². The first kappa shape index (κ1) is 25.1. The van der Waals surface area contributed by atoms with Gasteiger partial charge in [0.15, 0.2) is 0 Å². The molecule has 3 fully saturated rings. The quantitative estimate of drug-likeness (QED) is 0.539. The zero-order chi connectivity index (χ0) is 26.4. The molecule has 198 valence electrons. The van der Waals surface area contributed by atoms with E-state index in [9.17, 15) is 14.4 Å². The monoisotopic (exact) mass is 533 g/mol. The number of rotatable bonds is 6. The number of nitrogens with zero attached hydrogens (tertiary/aromatic N) is 1. The maximum Gasteiger partial charge on any atom is 0.246 e. The normalized spacial score (nSPS) is 29.9. The van der Waals surface area contributed by atoms with Crippen molar-refractivity contribution < 1.29 is 19.1 Å². The zero-order valence-electron chi connectivity index (χ0n) is 21.4. The lowest BCUT2D eigenvalue weighted by molar-refractivity contribution is -0.142. The minimum Gasteiger partial charge on any atom is -0.359 e. The Hall–Kier alpha value is -3.16. The maximum absolute atomic E-state index is 14.1. The van der Waals surface area contributed by atoms with Crippen LogP contribution in [0.2, 0.25) is 5.02 Å². The highest BCUT2D eigenvalue weighted by molar-refractivity contribution is 6.31. The number of anilines is 1. The van der Waals surface area contributed by atoms with Crippen molar-refractivity contribution in [2.45, 2.75) is 69.4 Å². The van der Waals surface area contributed by atoms with Crippen LogP contribution in [0.15, 0.2) is 60.7 Å². The van der Waals surface area contributed by atoms with Gasteiger partial charge in [0.25, 0.3) is 0 Å². The molecule has 2 aromatic rings. The highest BCUT2D eigenvalue weighted by atomic mass is 35.5. The summed E-state index contributed by atoms with van der Waals surface area (Å²) in [4.78, 5) is 43.2. The molecule has 3 unspecified atom stereocenters. The smallest absolute Gasteiger partial charge is 0.246 e. The SMILES string of the molecule is Cc1ccc(NC(=O)C2[C@H]3C=CC4(O3)C(C(=O)NC3CCCCC3)N(Cc3ccccc3)C(=O)[C@@H]24)cc1Cl. The molecule has 2 N–H and O–H groups in total. The van der Waals surface area contributed by atoms with Crippen LogP contribution in [0.3, 0.4) is 0 Å². The van der Waals surface area contributed by atoms with Gasteiger partial charge in [0.2, 0.25) is 17.7 Å². The van der Waals surface area contributed by atoms with E-state index in [1.54, 1.807) is 17.0 Å². The first-order valence-electron chi connectivity index (χ1n) is 13.5. The third-order valence-corrected chi connectivity index (χ3v) is 8.92. The van der Waals surface area contributed by atoms with Gasteiger partial charge in [-0.3, -0.25) is 14.4 Å². The maximum atomic E-state index is 14.1. The Bertz CT molecular complexity index is 1290. The molecule has 0 radical (unpaired) electrons. The predicted molar refractivity (Wildman–Crippen MR) is 144 cm³/mol. The molecule has 1 aliphatic carbocycles. The van der Waals surface area contributed by atoms with E-state index in [1.807, 2.05) is 55.5 Å². The van der Waals surface area contributed by atoms with Crippen LogP contribution in [-0.2, 0) is 25.7 Å². The Morgan fingerprint density at radius 1 is 1.08 bits per heavy atom. The molecule has 5 atom stereocenters. The molecule has 8 heteroatoms. The van der Waals surface area contributed by atoms with E-state index < -0.39 is 29.6 Å². The lowest BCUT2D eigenvalue weighted by Crippen LogP contribution is -2.56. The summed E-state index contributed by atoms with van der Waals surface area (Å²) in [6.07, 6.45) is 8.33. The Labute approximate surface area is 227 Å². The lowest BCUT2D eigenvalue weighted by Gasteiger charge is -2.34. The molecule has 3 aliphatic heterocycles. The molecular formula is C30H32ClN3O4. The second kappa shape index (κ2) is 9.86. The van der Waals surface area contributed by atoms with E-state index in [0.29, 0.717) is 10.7 Å². The Morgan fingerprint density at radius 2 is 1.84 bits per heavy atom. The minimum absolute atomic E-state index is 0.0911. The summed E-state index contributed by atoms with van der Waals surface area (Å²) >= 11 is 6.27. The number of likely N-dealkylation sites (tertiary alicyclic amines) is 1. The van der Waals surface area contributed by atoms with Crippen molar-refractivity contribution >= 4 is 35.0 Å². The van der Waals surface area contributed by atoms with Gasteiger partial charge in [-0.1, -0.05) is 79.4 Å². The topological polar surface area (TPSA) is 87.7 Å². The van der Waals surface area contributed by atoms with Crippen LogP contribution < -0.4 is 10.6 Å². The fourth-order valence-electron chi connectivity index (χ4n) is 6.64. The molecule has 1 saturated carbocycles. The Kier molecular flexibility index (Phi) is 6.52. The van der Waals surface area contributed by atoms with Crippen molar-refractivity contribution in [2.75, 3.05) is 5.32 Å². The van der Waals surface area contributed by atoms with Crippen LogP contribution >= 0.6 is 11.6 Å². The van der Waals surface area contributed by atoms with Crippen LogP contribution in [0.5, 0.6) is 0 Å². The molecule has 2 bridgehead atoms. The van der Waals surface area contributed by atoms with Gasteiger partial charge >= 0.3 is 0 Å². The predicted octanol–water partition coefficient (Wildman–Crippen LogP) is 4.39. The van der Waals surface area contributed by atoms with Crippen LogP contribution in [0.1, 0.15) is 43.2 Å². The average Bonchev–Trinajstić information content (AvgIpc) is 3.55. The number of amides is 3. The summed E-state index contributed by atoms with van der Waals surface area (Å²) in [5.74, 6) is -2.29. The Morgan fingerprint density at radius 3 is 2.58 bits per heavy atom. The molecule has 2 saturated heterocycles. The highest BCUT2D eigenvalue weighted by Crippen LogP contribution is 2.55. The van der Waals surface area contributed by atoms with Gasteiger partial charge in [0.1, 0.15) is 11.6 Å². The van der Waals surface area contributed by atoms with E-state index in [2.05, 4.69) is 10.6 Å². The molecule has 7 nitrogen and oxygen atoms in total. The number of carbonyl (C=O) groups excluding carboxylic acids is 3. The van der Waals surface area contributed by atoms with Crippen molar-refractivity contribution in [1.82, 2.24) is 10.2 Å². The summed E-state index contributed by atoms with van der Waals surface area (Å²) < 4.78 is 6.44. The van der Waals surface area contributed by atoms with Crippen molar-refractivity contribution in [3.05, 3.63) is 76.8 Å². The van der Waals surface area contributed by atoms with Crippen molar-refractivity contribution in [3.63, 3.8) is 0 Å². The first-order valence-corrected chi connectivity index (χ1v) is 13.8. The number of aryl methyl sites for hydroxylation is 1. The molecule has 1 spiro atoms. The summed E-state index contributed by atoms with van der Waals surface area (Å²) in [7, 11) is 0. The summed E-state index contributed by atoms with van der Waals surface area (Å²) in [6, 6.07) is 14.2. The summed E-state index contributed by atoms with van der Waals surface area (Å²) in [5.41, 5.74) is 1.21. The van der Waals surface area contributed by atoms with E-state index in [1.165, 1.54) is 6.42 Å². The van der Waals surface area contributed by atoms with E-state index >= 15 is 0 Å². The number of halogens is 1. The van der Waals surface area contributed by atoms with Gasteiger partial charge in [-0.05, 0) is 43.0 Å². The number of hydrogen-bond acceptors (Lipinski definition) is 4.